The van der Waals surface area contributed by atoms with Crippen LogP contribution in [-0.2, 0) is 0 Å². The van der Waals surface area contributed by atoms with Crippen molar-refractivity contribution in [2.75, 3.05) is 0 Å². The molecule has 0 amide bonds. The molecule has 1 nitrogen and oxygen atoms in total. The van der Waals surface area contributed by atoms with Gasteiger partial charge in [-0.25, -0.2) is 0 Å². The van der Waals surface area contributed by atoms with Crippen LogP contribution in [0.15, 0.2) is 71.9 Å². The number of hydrogen-bond donors (Lipinski definition) is 1. The maximum Gasteiger partial charge on any atom is 0.0226 e. The Morgan fingerprint density at radius 2 is 1.81 bits per heavy atom. The lowest BCUT2D eigenvalue weighted by atomic mass is 9.55. The lowest BCUT2D eigenvalue weighted by molar-refractivity contribution is 0.0798. The summed E-state index contributed by atoms with van der Waals surface area (Å²) >= 11 is 0. The van der Waals surface area contributed by atoms with Crippen LogP contribution in [0.5, 0.6) is 0 Å². The topological polar surface area (TPSA) is 26.0 Å². The van der Waals surface area contributed by atoms with E-state index in [9.17, 15) is 0 Å². The van der Waals surface area contributed by atoms with Gasteiger partial charge in [-0.1, -0.05) is 66.3 Å². The van der Waals surface area contributed by atoms with E-state index in [1.165, 1.54) is 32.1 Å². The molecule has 1 saturated carbocycles. The summed E-state index contributed by atoms with van der Waals surface area (Å²) in [6.45, 7) is 0. The second-order valence-corrected chi connectivity index (χ2v) is 9.29. The summed E-state index contributed by atoms with van der Waals surface area (Å²) in [5, 5.41) is 0. The molecule has 0 radical (unpaired) electrons. The highest BCUT2D eigenvalue weighted by atomic mass is 14.7. The van der Waals surface area contributed by atoms with E-state index in [0.29, 0.717) is 35.0 Å². The van der Waals surface area contributed by atoms with E-state index in [1.54, 1.807) is 5.57 Å². The zero-order valence-corrected chi connectivity index (χ0v) is 15.4. The Labute approximate surface area is 157 Å². The van der Waals surface area contributed by atoms with Gasteiger partial charge in [-0.05, 0) is 67.3 Å². The molecule has 2 N–H and O–H groups in total. The van der Waals surface area contributed by atoms with Crippen molar-refractivity contribution in [2.45, 2.75) is 38.1 Å². The van der Waals surface area contributed by atoms with Crippen molar-refractivity contribution in [2.24, 2.45) is 46.7 Å². The molecule has 0 aromatic rings. The Balaban J connectivity index is 1.61. The molecule has 6 aliphatic rings. The quantitative estimate of drug-likeness (QED) is 0.608. The molecule has 0 aromatic carbocycles. The fraction of sp³-hybridized carbons (Fsp3) is 0.520. The van der Waals surface area contributed by atoms with E-state index >= 15 is 0 Å². The van der Waals surface area contributed by atoms with Gasteiger partial charge >= 0.3 is 0 Å². The van der Waals surface area contributed by atoms with Crippen LogP contribution in [0, 0.1) is 40.9 Å². The molecule has 6 rings (SSSR count). The average Bonchev–Trinajstić information content (AvgIpc) is 3.15. The summed E-state index contributed by atoms with van der Waals surface area (Å²) < 4.78 is 0. The smallest absolute Gasteiger partial charge is 0.0226 e. The van der Waals surface area contributed by atoms with Crippen molar-refractivity contribution in [1.82, 2.24) is 0 Å². The van der Waals surface area contributed by atoms with Crippen molar-refractivity contribution < 1.29 is 0 Å². The fourth-order valence-corrected chi connectivity index (χ4v) is 7.88. The third-order valence-electron chi connectivity index (χ3n) is 8.48. The minimum atomic E-state index is 0.239. The minimum Gasteiger partial charge on any atom is -0.324 e. The number of rotatable bonds is 0. The molecular formula is C25H29N. The highest BCUT2D eigenvalue weighted by Crippen LogP contribution is 2.73. The Bertz CT molecular complexity index is 806. The van der Waals surface area contributed by atoms with Crippen molar-refractivity contribution in [3.8, 4) is 0 Å². The molecule has 0 bridgehead atoms. The summed E-state index contributed by atoms with van der Waals surface area (Å²) in [5.74, 6) is 4.13. The molecule has 8 atom stereocenters. The Morgan fingerprint density at radius 1 is 0.885 bits per heavy atom. The Kier molecular flexibility index (Phi) is 3.24. The van der Waals surface area contributed by atoms with Crippen LogP contribution in [0.25, 0.3) is 0 Å². The van der Waals surface area contributed by atoms with E-state index < -0.39 is 0 Å². The first-order valence-electron chi connectivity index (χ1n) is 10.7. The van der Waals surface area contributed by atoms with Crippen LogP contribution >= 0.6 is 0 Å². The second kappa shape index (κ2) is 5.45. The Hall–Kier alpha value is -1.60. The highest BCUT2D eigenvalue weighted by Gasteiger charge is 2.67. The van der Waals surface area contributed by atoms with Gasteiger partial charge in [0.15, 0.2) is 0 Å². The van der Waals surface area contributed by atoms with E-state index in [1.807, 2.05) is 5.57 Å². The second-order valence-electron chi connectivity index (χ2n) is 9.29. The molecule has 0 heterocycles. The SMILES string of the molecule is NC1C=CC2C3C=CC=CC3C3(C4=C(C=CCC4)C4C=CCCC43)C2C1. The van der Waals surface area contributed by atoms with Gasteiger partial charge in [-0.2, -0.15) is 0 Å². The van der Waals surface area contributed by atoms with Gasteiger partial charge in [0.1, 0.15) is 0 Å². The first-order chi connectivity index (χ1) is 12.8. The summed E-state index contributed by atoms with van der Waals surface area (Å²) in [6, 6.07) is 0.239. The number of hydrogen-bond acceptors (Lipinski definition) is 1. The predicted molar refractivity (Wildman–Crippen MR) is 107 cm³/mol. The van der Waals surface area contributed by atoms with Gasteiger partial charge in [0, 0.05) is 17.4 Å². The number of allylic oxidation sites excluding steroid dienone is 11. The summed E-state index contributed by atoms with van der Waals surface area (Å²) in [5.41, 5.74) is 10.4. The zero-order chi connectivity index (χ0) is 17.3. The van der Waals surface area contributed by atoms with Crippen molar-refractivity contribution in [1.29, 1.82) is 0 Å². The summed E-state index contributed by atoms with van der Waals surface area (Å²) in [6.07, 6.45) is 30.7. The molecule has 26 heavy (non-hydrogen) atoms. The molecule has 1 fully saturated rings. The van der Waals surface area contributed by atoms with Gasteiger partial charge in [-0.15, -0.1) is 0 Å². The highest BCUT2D eigenvalue weighted by molar-refractivity contribution is 5.50. The van der Waals surface area contributed by atoms with Crippen LogP contribution in [0.2, 0.25) is 0 Å². The normalized spacial score (nSPS) is 50.1. The van der Waals surface area contributed by atoms with E-state index in [2.05, 4.69) is 60.8 Å². The summed E-state index contributed by atoms with van der Waals surface area (Å²) in [4.78, 5) is 0. The molecule has 0 aromatic heterocycles. The molecule has 134 valence electrons. The van der Waals surface area contributed by atoms with Gasteiger partial charge in [0.25, 0.3) is 0 Å². The van der Waals surface area contributed by atoms with Crippen molar-refractivity contribution >= 4 is 0 Å². The molecule has 6 aliphatic carbocycles. The van der Waals surface area contributed by atoms with Gasteiger partial charge in [0.05, 0.1) is 0 Å². The zero-order valence-electron chi connectivity index (χ0n) is 15.4. The van der Waals surface area contributed by atoms with E-state index in [4.69, 9.17) is 5.73 Å². The van der Waals surface area contributed by atoms with Crippen LogP contribution in [0.4, 0.5) is 0 Å². The van der Waals surface area contributed by atoms with Crippen LogP contribution < -0.4 is 5.73 Å². The first-order valence-corrected chi connectivity index (χ1v) is 10.7. The van der Waals surface area contributed by atoms with Crippen LogP contribution in [0.1, 0.15) is 32.1 Å². The third kappa shape index (κ3) is 1.76. The average molecular weight is 344 g/mol. The van der Waals surface area contributed by atoms with Crippen molar-refractivity contribution in [3.63, 3.8) is 0 Å². The molecule has 1 spiro atoms. The van der Waals surface area contributed by atoms with Gasteiger partial charge in [-0.3, -0.25) is 0 Å². The standard InChI is InChI=1S/C25H29N/c26-16-13-14-20-19-9-3-6-12-23(19)25(24(20)15-16)21-10-4-1-7-17(21)18-8-2-5-11-22(18)25/h1-3,6-9,12-14,16-17,19-21,23-24H,4-5,10-11,15,26H2. The van der Waals surface area contributed by atoms with Gasteiger partial charge in [0.2, 0.25) is 0 Å². The number of fused-ring (bicyclic) bond motifs is 9. The maximum atomic E-state index is 6.50. The monoisotopic (exact) mass is 343 g/mol. The minimum absolute atomic E-state index is 0.239. The van der Waals surface area contributed by atoms with Crippen LogP contribution in [-0.4, -0.2) is 6.04 Å². The van der Waals surface area contributed by atoms with E-state index in [-0.39, 0.29) is 6.04 Å². The lowest BCUT2D eigenvalue weighted by Crippen LogP contribution is -2.44. The third-order valence-corrected chi connectivity index (χ3v) is 8.48. The maximum absolute atomic E-state index is 6.50. The molecule has 0 saturated heterocycles. The van der Waals surface area contributed by atoms with Crippen molar-refractivity contribution in [3.05, 3.63) is 71.9 Å². The summed E-state index contributed by atoms with van der Waals surface area (Å²) in [7, 11) is 0. The van der Waals surface area contributed by atoms with Gasteiger partial charge < -0.3 is 5.73 Å². The number of nitrogens with two attached hydrogens (primary N) is 1. The molecule has 0 aliphatic heterocycles. The molecular weight excluding hydrogens is 314 g/mol. The fourth-order valence-electron chi connectivity index (χ4n) is 7.88. The molecule has 8 unspecified atom stereocenters. The lowest BCUT2D eigenvalue weighted by Gasteiger charge is -2.48. The van der Waals surface area contributed by atoms with E-state index in [0.717, 1.165) is 5.92 Å². The van der Waals surface area contributed by atoms with Crippen LogP contribution in [0.3, 0.4) is 0 Å². The first kappa shape index (κ1) is 15.5. The largest absolute Gasteiger partial charge is 0.324 e. The molecule has 1 heteroatoms. The predicted octanol–water partition coefficient (Wildman–Crippen LogP) is 5.11. The Morgan fingerprint density at radius 3 is 2.77 bits per heavy atom.